The Morgan fingerprint density at radius 3 is 2.54 bits per heavy atom. The molecule has 2 aliphatic heterocycles. The molecule has 2 heterocycles. The summed E-state index contributed by atoms with van der Waals surface area (Å²) in [6.07, 6.45) is 2.38. The molecule has 2 aliphatic rings. The minimum Gasteiger partial charge on any atom is -0.316 e. The Bertz CT molecular complexity index is 670. The first-order valence-electron chi connectivity index (χ1n) is 8.35. The van der Waals surface area contributed by atoms with Crippen molar-refractivity contribution < 1.29 is 17.2 Å². The third kappa shape index (κ3) is 3.93. The molecular formula is C16H23F2N3O2S. The monoisotopic (exact) mass is 359 g/mol. The third-order valence-electron chi connectivity index (χ3n) is 4.76. The van der Waals surface area contributed by atoms with Gasteiger partial charge in [-0.2, -0.15) is 4.31 Å². The standard InChI is InChI=1S/C16H23F2N3O2S/c17-14-3-4-16(15(18)10-14)24(22,23)21-8-6-20(7-9-21)12-13-2-1-5-19-11-13/h3-4,10,13,19H,1-2,5-9,11-12H2. The van der Waals surface area contributed by atoms with Crippen LogP contribution in [0.5, 0.6) is 0 Å². The molecule has 8 heteroatoms. The van der Waals surface area contributed by atoms with Gasteiger partial charge in [-0.3, -0.25) is 0 Å². The van der Waals surface area contributed by atoms with E-state index in [9.17, 15) is 17.2 Å². The van der Waals surface area contributed by atoms with Crippen LogP contribution in [-0.2, 0) is 10.0 Å². The predicted octanol–water partition coefficient (Wildman–Crippen LogP) is 1.27. The van der Waals surface area contributed by atoms with Crippen LogP contribution in [0.1, 0.15) is 12.8 Å². The van der Waals surface area contributed by atoms with Crippen LogP contribution < -0.4 is 5.32 Å². The van der Waals surface area contributed by atoms with Crippen molar-refractivity contribution in [2.45, 2.75) is 17.7 Å². The molecule has 134 valence electrons. The van der Waals surface area contributed by atoms with Crippen LogP contribution in [0.2, 0.25) is 0 Å². The first kappa shape index (κ1) is 17.7. The van der Waals surface area contributed by atoms with E-state index in [0.717, 1.165) is 31.8 Å². The summed E-state index contributed by atoms with van der Waals surface area (Å²) in [6, 6.07) is 2.58. The Morgan fingerprint density at radius 2 is 1.92 bits per heavy atom. The van der Waals surface area contributed by atoms with E-state index in [1.165, 1.54) is 17.1 Å². The van der Waals surface area contributed by atoms with Crippen LogP contribution >= 0.6 is 0 Å². The van der Waals surface area contributed by atoms with Gasteiger partial charge in [0.2, 0.25) is 10.0 Å². The van der Waals surface area contributed by atoms with Crippen LogP contribution in [0.4, 0.5) is 8.78 Å². The molecule has 0 spiro atoms. The lowest BCUT2D eigenvalue weighted by Crippen LogP contribution is -2.50. The second kappa shape index (κ2) is 7.43. The molecule has 5 nitrogen and oxygen atoms in total. The summed E-state index contributed by atoms with van der Waals surface area (Å²) in [5.41, 5.74) is 0. The summed E-state index contributed by atoms with van der Waals surface area (Å²) < 4.78 is 53.2. The van der Waals surface area contributed by atoms with E-state index in [2.05, 4.69) is 10.2 Å². The van der Waals surface area contributed by atoms with Gasteiger partial charge in [0.15, 0.2) is 0 Å². The number of piperazine rings is 1. The summed E-state index contributed by atoms with van der Waals surface area (Å²) in [6.45, 7) is 4.99. The molecule has 0 amide bonds. The van der Waals surface area contributed by atoms with Crippen LogP contribution in [0.15, 0.2) is 23.1 Å². The van der Waals surface area contributed by atoms with Gasteiger partial charge in [0.25, 0.3) is 0 Å². The van der Waals surface area contributed by atoms with E-state index in [0.29, 0.717) is 38.2 Å². The fraction of sp³-hybridized carbons (Fsp3) is 0.625. The minimum absolute atomic E-state index is 0.333. The second-order valence-corrected chi connectivity index (χ2v) is 8.40. The summed E-state index contributed by atoms with van der Waals surface area (Å²) in [4.78, 5) is 1.82. The zero-order chi connectivity index (χ0) is 17.2. The number of rotatable bonds is 4. The molecule has 1 aromatic carbocycles. The lowest BCUT2D eigenvalue weighted by atomic mass is 9.99. The molecule has 1 unspecified atom stereocenters. The summed E-state index contributed by atoms with van der Waals surface area (Å²) in [5.74, 6) is -1.21. The topological polar surface area (TPSA) is 52.7 Å². The highest BCUT2D eigenvalue weighted by atomic mass is 32.2. The van der Waals surface area contributed by atoms with Crippen molar-refractivity contribution in [3.8, 4) is 0 Å². The number of piperidine rings is 1. The van der Waals surface area contributed by atoms with Crippen molar-refractivity contribution in [3.05, 3.63) is 29.8 Å². The fourth-order valence-corrected chi connectivity index (χ4v) is 4.89. The van der Waals surface area contributed by atoms with Crippen molar-refractivity contribution in [1.29, 1.82) is 0 Å². The number of nitrogens with zero attached hydrogens (tertiary/aromatic N) is 2. The quantitative estimate of drug-likeness (QED) is 0.880. The van der Waals surface area contributed by atoms with E-state index in [-0.39, 0.29) is 0 Å². The van der Waals surface area contributed by atoms with Crippen molar-refractivity contribution in [1.82, 2.24) is 14.5 Å². The molecule has 3 rings (SSSR count). The maximum Gasteiger partial charge on any atom is 0.246 e. The van der Waals surface area contributed by atoms with Gasteiger partial charge < -0.3 is 10.2 Å². The number of benzene rings is 1. The second-order valence-electron chi connectivity index (χ2n) is 6.49. The SMILES string of the molecule is O=S(=O)(c1ccc(F)cc1F)N1CCN(CC2CCCNC2)CC1. The highest BCUT2D eigenvalue weighted by Crippen LogP contribution is 2.22. The number of hydrogen-bond acceptors (Lipinski definition) is 4. The van der Waals surface area contributed by atoms with Gasteiger partial charge >= 0.3 is 0 Å². The minimum atomic E-state index is -3.91. The van der Waals surface area contributed by atoms with Gasteiger partial charge in [-0.05, 0) is 44.0 Å². The maximum atomic E-state index is 13.8. The average Bonchev–Trinajstić information content (AvgIpc) is 2.56. The largest absolute Gasteiger partial charge is 0.316 e. The lowest BCUT2D eigenvalue weighted by Gasteiger charge is -2.36. The number of nitrogens with one attached hydrogen (secondary N) is 1. The Morgan fingerprint density at radius 1 is 1.17 bits per heavy atom. The molecule has 2 fully saturated rings. The highest BCUT2D eigenvalue weighted by Gasteiger charge is 2.31. The van der Waals surface area contributed by atoms with Gasteiger partial charge in [0.05, 0.1) is 0 Å². The van der Waals surface area contributed by atoms with Gasteiger partial charge in [0, 0.05) is 38.8 Å². The molecule has 2 saturated heterocycles. The molecule has 24 heavy (non-hydrogen) atoms. The van der Waals surface area contributed by atoms with E-state index in [1.807, 2.05) is 0 Å². The van der Waals surface area contributed by atoms with E-state index in [4.69, 9.17) is 0 Å². The van der Waals surface area contributed by atoms with E-state index < -0.39 is 26.6 Å². The first-order valence-corrected chi connectivity index (χ1v) is 9.79. The summed E-state index contributed by atoms with van der Waals surface area (Å²) >= 11 is 0. The van der Waals surface area contributed by atoms with Gasteiger partial charge in [-0.25, -0.2) is 17.2 Å². The number of sulfonamides is 1. The molecule has 1 atom stereocenters. The normalized spacial score (nSPS) is 24.2. The maximum absolute atomic E-state index is 13.8. The summed E-state index contributed by atoms with van der Waals surface area (Å²) in [7, 11) is -3.91. The van der Waals surface area contributed by atoms with Crippen molar-refractivity contribution in [2.24, 2.45) is 5.92 Å². The summed E-state index contributed by atoms with van der Waals surface area (Å²) in [5, 5.41) is 3.38. The first-order chi connectivity index (χ1) is 11.5. The molecule has 0 saturated carbocycles. The van der Waals surface area contributed by atoms with Crippen LogP contribution in [0, 0.1) is 17.6 Å². The average molecular weight is 359 g/mol. The predicted molar refractivity (Wildman–Crippen MR) is 87.2 cm³/mol. The molecule has 0 aliphatic carbocycles. The van der Waals surface area contributed by atoms with Gasteiger partial charge in [0.1, 0.15) is 16.5 Å². The van der Waals surface area contributed by atoms with Gasteiger partial charge in [-0.1, -0.05) is 0 Å². The van der Waals surface area contributed by atoms with Crippen molar-refractivity contribution in [3.63, 3.8) is 0 Å². The third-order valence-corrected chi connectivity index (χ3v) is 6.69. The molecule has 1 N–H and O–H groups in total. The van der Waals surface area contributed by atoms with Crippen LogP contribution in [0.3, 0.4) is 0 Å². The van der Waals surface area contributed by atoms with Crippen molar-refractivity contribution >= 4 is 10.0 Å². The highest BCUT2D eigenvalue weighted by molar-refractivity contribution is 7.89. The fourth-order valence-electron chi connectivity index (χ4n) is 3.42. The van der Waals surface area contributed by atoms with E-state index in [1.54, 1.807) is 0 Å². The smallest absolute Gasteiger partial charge is 0.246 e. The zero-order valence-electron chi connectivity index (χ0n) is 13.5. The Balaban J connectivity index is 1.61. The Kier molecular flexibility index (Phi) is 5.49. The molecule has 0 aromatic heterocycles. The van der Waals surface area contributed by atoms with Crippen LogP contribution in [-0.4, -0.2) is 63.4 Å². The number of hydrogen-bond donors (Lipinski definition) is 1. The Hall–Kier alpha value is -1.09. The molecule has 1 aromatic rings. The lowest BCUT2D eigenvalue weighted by molar-refractivity contribution is 0.154. The molecular weight excluding hydrogens is 336 g/mol. The van der Waals surface area contributed by atoms with E-state index >= 15 is 0 Å². The van der Waals surface area contributed by atoms with Crippen LogP contribution in [0.25, 0.3) is 0 Å². The molecule has 0 bridgehead atoms. The number of halogens is 2. The molecule has 0 radical (unpaired) electrons. The van der Waals surface area contributed by atoms with Crippen molar-refractivity contribution in [2.75, 3.05) is 45.8 Å². The zero-order valence-corrected chi connectivity index (χ0v) is 14.4. The van der Waals surface area contributed by atoms with Gasteiger partial charge in [-0.15, -0.1) is 0 Å². The Labute approximate surface area is 141 Å².